The smallest absolute Gasteiger partial charge is 0.672 e. The van der Waals surface area contributed by atoms with Gasteiger partial charge in [-0.1, -0.05) is 0 Å². The van der Waals surface area contributed by atoms with Crippen molar-refractivity contribution in [1.29, 1.82) is 0 Å². The topological polar surface area (TPSA) is 196 Å². The average molecular weight is 286 g/mol. The molecule has 0 atom stereocenters. The first kappa shape index (κ1) is 36.0. The van der Waals surface area contributed by atoms with E-state index in [1.165, 1.54) is 0 Å². The van der Waals surface area contributed by atoms with Crippen molar-refractivity contribution < 1.29 is 83.3 Å². The van der Waals surface area contributed by atoms with Crippen molar-refractivity contribution in [3.05, 3.63) is 30.6 Å². The van der Waals surface area contributed by atoms with Gasteiger partial charge in [0, 0.05) is 9.17 Å². The maximum absolute atomic E-state index is 8.52. The normalized spacial score (nSPS) is 4.80. The number of nitrogens with zero attached hydrogens (tertiary/aromatic N) is 2. The molecule has 0 aliphatic carbocycles. The second-order valence-electron chi connectivity index (χ2n) is 0.697. The van der Waals surface area contributed by atoms with Crippen LogP contribution in [0.25, 0.3) is 0 Å². The van der Waals surface area contributed by atoms with Gasteiger partial charge in [0.15, 0.2) is 0 Å². The molecule has 0 fully saturated rings. The molecule has 0 aromatic carbocycles. The average Bonchev–Trinajstić information content (AvgIpc) is 1.54. The van der Waals surface area contributed by atoms with Gasteiger partial charge in [-0.25, -0.2) is 0 Å². The molecule has 15 heavy (non-hydrogen) atoms. The van der Waals surface area contributed by atoms with Crippen LogP contribution in [0.5, 0.6) is 0 Å². The maximum Gasteiger partial charge on any atom is 2.00 e. The predicted molar refractivity (Wildman–Crippen MR) is 32.9 cm³/mol. The third-order valence-electron chi connectivity index (χ3n) is 0. The van der Waals surface area contributed by atoms with Gasteiger partial charge in [-0.3, -0.25) is 0 Å². The fraction of sp³-hybridized carbons (Fsp3) is 0. The largest absolute Gasteiger partial charge is 2.00 e. The van der Waals surface area contributed by atoms with E-state index in [2.05, 4.69) is 0 Å². The van der Waals surface area contributed by atoms with Gasteiger partial charge in [-0.15, -0.1) is 0 Å². The SMILES string of the molecule is O=[N+]([O-])[O-].O=[N+]([O-])[O-].O=[Si]([O-])[O-].[Ca+2].[Na+].[Na+]. The van der Waals surface area contributed by atoms with E-state index in [0.29, 0.717) is 0 Å². The minimum atomic E-state index is -3.63. The number of hydrogen-bond acceptors (Lipinski definition) is 9. The predicted octanol–water partition coefficient (Wildman–Crippen LogP) is -9.73. The molecule has 72 valence electrons. The van der Waals surface area contributed by atoms with Crippen LogP contribution in [0.4, 0.5) is 0 Å². The zero-order valence-electron chi connectivity index (χ0n) is 7.78. The molecule has 0 saturated heterocycles. The van der Waals surface area contributed by atoms with E-state index in [0.717, 1.165) is 0 Å². The van der Waals surface area contributed by atoms with Crippen molar-refractivity contribution in [2.24, 2.45) is 0 Å². The van der Waals surface area contributed by atoms with Crippen molar-refractivity contribution in [2.45, 2.75) is 0 Å². The molecule has 0 heterocycles. The van der Waals surface area contributed by atoms with Crippen LogP contribution in [0.15, 0.2) is 0 Å². The first-order valence-corrected chi connectivity index (χ1v) is 2.93. The Morgan fingerprint density at radius 3 is 0.800 bits per heavy atom. The van der Waals surface area contributed by atoms with Crippen LogP contribution in [-0.4, -0.2) is 57.1 Å². The molecule has 15 heteroatoms. The minimum absolute atomic E-state index is 0. The molecule has 0 aromatic rings. The summed E-state index contributed by atoms with van der Waals surface area (Å²) >= 11 is 0. The molecular weight excluding hydrogens is 286 g/mol. The van der Waals surface area contributed by atoms with Crippen LogP contribution in [0.1, 0.15) is 0 Å². The van der Waals surface area contributed by atoms with Crippen LogP contribution in [0.3, 0.4) is 0 Å². The van der Waals surface area contributed by atoms with E-state index in [9.17, 15) is 0 Å². The van der Waals surface area contributed by atoms with Crippen LogP contribution >= 0.6 is 0 Å². The summed E-state index contributed by atoms with van der Waals surface area (Å²) in [7, 11) is -3.63. The minimum Gasteiger partial charge on any atom is -0.672 e. The first-order valence-electron chi connectivity index (χ1n) is 1.71. The number of hydrogen-bond donors (Lipinski definition) is 0. The Bertz CT molecular complexity index is 124. The van der Waals surface area contributed by atoms with E-state index in [1.54, 1.807) is 0 Å². The summed E-state index contributed by atoms with van der Waals surface area (Å²) in [5, 5.41) is 29.5. The fourth-order valence-corrected chi connectivity index (χ4v) is 0. The third-order valence-corrected chi connectivity index (χ3v) is 0. The third kappa shape index (κ3) is 1650. The second kappa shape index (κ2) is 29.5. The van der Waals surface area contributed by atoms with E-state index in [-0.39, 0.29) is 96.9 Å². The molecule has 0 amide bonds. The van der Waals surface area contributed by atoms with E-state index in [1.807, 2.05) is 0 Å². The molecule has 0 spiro atoms. The summed E-state index contributed by atoms with van der Waals surface area (Å²) in [5.41, 5.74) is 0. The van der Waals surface area contributed by atoms with Crippen molar-refractivity contribution in [3.8, 4) is 0 Å². The van der Waals surface area contributed by atoms with Gasteiger partial charge in [0.05, 0.1) is 10.2 Å². The molecule has 0 N–H and O–H groups in total. The van der Waals surface area contributed by atoms with E-state index < -0.39 is 19.3 Å². The quantitative estimate of drug-likeness (QED) is 0.236. The summed E-state index contributed by atoms with van der Waals surface area (Å²) in [5.74, 6) is 0. The molecule has 0 aliphatic rings. The molecule has 0 unspecified atom stereocenters. The van der Waals surface area contributed by atoms with Crippen LogP contribution in [0.2, 0.25) is 0 Å². The number of rotatable bonds is 0. The Morgan fingerprint density at radius 2 is 0.800 bits per heavy atom. The van der Waals surface area contributed by atoms with Crippen molar-refractivity contribution >= 4 is 46.9 Å². The zero-order valence-corrected chi connectivity index (χ0v) is 15.0. The maximum atomic E-state index is 8.52. The molecular formula is CaN2Na2O9Si. The molecule has 11 nitrogen and oxygen atoms in total. The zero-order chi connectivity index (χ0) is 10.7. The Kier molecular flexibility index (Phi) is 70.7. The van der Waals surface area contributed by atoms with Crippen LogP contribution < -0.4 is 68.7 Å². The standard InChI is InChI=1S/Ca.2NO3.2Na.O3Si/c;2*2-1(3)4;;;1-4(2)3/q+2;2*-1;2*+1;-2. The second-order valence-corrected chi connectivity index (χ2v) is 1.20. The Hall–Kier alpha value is 1.28. The molecule has 0 saturated carbocycles. The van der Waals surface area contributed by atoms with Gasteiger partial charge in [0.25, 0.3) is 0 Å². The summed E-state index contributed by atoms with van der Waals surface area (Å²) in [4.78, 5) is 33.5. The van der Waals surface area contributed by atoms with Gasteiger partial charge in [-0.2, -0.15) is 0 Å². The van der Waals surface area contributed by atoms with Crippen molar-refractivity contribution in [2.75, 3.05) is 0 Å². The molecule has 0 radical (unpaired) electrons. The Morgan fingerprint density at radius 1 is 0.800 bits per heavy atom. The summed E-state index contributed by atoms with van der Waals surface area (Å²) in [6, 6.07) is 0. The van der Waals surface area contributed by atoms with Crippen LogP contribution in [-0.2, 0) is 4.46 Å². The van der Waals surface area contributed by atoms with Crippen molar-refractivity contribution in [1.82, 2.24) is 0 Å². The Labute approximate surface area is 158 Å². The van der Waals surface area contributed by atoms with Gasteiger partial charge in [0.2, 0.25) is 0 Å². The molecule has 0 bridgehead atoms. The summed E-state index contributed by atoms with van der Waals surface area (Å²) in [6.45, 7) is 0. The van der Waals surface area contributed by atoms with Gasteiger partial charge in [0.1, 0.15) is 0 Å². The first-order chi connectivity index (χ1) is 5.20. The summed E-state index contributed by atoms with van der Waals surface area (Å²) < 4.78 is 8.52. The van der Waals surface area contributed by atoms with Crippen LogP contribution in [0, 0.1) is 30.6 Å². The molecule has 0 aliphatic heterocycles. The van der Waals surface area contributed by atoms with Crippen molar-refractivity contribution in [3.63, 3.8) is 0 Å². The van der Waals surface area contributed by atoms with Gasteiger partial charge in [-0.05, 0) is 0 Å². The fourth-order valence-electron chi connectivity index (χ4n) is 0. The summed E-state index contributed by atoms with van der Waals surface area (Å²) in [6.07, 6.45) is 0. The van der Waals surface area contributed by atoms with Gasteiger partial charge < -0.3 is 44.7 Å². The Balaban J connectivity index is -0.0000000184. The van der Waals surface area contributed by atoms with E-state index >= 15 is 0 Å². The van der Waals surface area contributed by atoms with Gasteiger partial charge >= 0.3 is 96.9 Å². The molecule has 0 rings (SSSR count). The monoisotopic (exact) mass is 286 g/mol. The molecule has 0 aromatic heterocycles. The van der Waals surface area contributed by atoms with E-state index in [4.69, 9.17) is 44.7 Å².